The Kier molecular flexibility index (Phi) is 12.4. The molecule has 2 atom stereocenters. The van der Waals surface area contributed by atoms with Gasteiger partial charge in [0.05, 0.1) is 0 Å². The van der Waals surface area contributed by atoms with E-state index in [4.69, 9.17) is 0 Å². The minimum absolute atomic E-state index is 0.861. The summed E-state index contributed by atoms with van der Waals surface area (Å²) in [6.07, 6.45) is 11.5. The smallest absolute Gasteiger partial charge is 0.0409 e. The Balaban J connectivity index is 4.28. The van der Waals surface area contributed by atoms with Crippen molar-refractivity contribution in [3.63, 3.8) is 0 Å². The van der Waals surface area contributed by atoms with E-state index < -0.39 is 0 Å². The van der Waals surface area contributed by atoms with Gasteiger partial charge in [0.25, 0.3) is 0 Å². The third kappa shape index (κ3) is 13.6. The highest BCUT2D eigenvalue weighted by Crippen LogP contribution is 2.30. The molecule has 0 aliphatic rings. The number of rotatable bonds is 13. The Morgan fingerprint density at radius 3 is 1.05 bits per heavy atom. The van der Waals surface area contributed by atoms with Crippen LogP contribution in [0.2, 0.25) is 0 Å². The maximum absolute atomic E-state index is 2.49. The monoisotopic (exact) mass is 310 g/mol. The molecule has 0 nitrogen and oxygen atoms in total. The van der Waals surface area contributed by atoms with E-state index >= 15 is 0 Å². The predicted molar refractivity (Wildman–Crippen MR) is 103 cm³/mol. The predicted octanol–water partition coefficient (Wildman–Crippen LogP) is 7.96. The Bertz CT molecular complexity index is 218. The van der Waals surface area contributed by atoms with Gasteiger partial charge in [0.1, 0.15) is 0 Å². The summed E-state index contributed by atoms with van der Waals surface area (Å²) in [5.41, 5.74) is 0. The fourth-order valence-corrected chi connectivity index (χ4v) is 3.51. The van der Waals surface area contributed by atoms with Crippen molar-refractivity contribution in [2.75, 3.05) is 0 Å². The fraction of sp³-hybridized carbons (Fsp3) is 1.00. The van der Waals surface area contributed by atoms with Crippen LogP contribution in [0.15, 0.2) is 0 Å². The van der Waals surface area contributed by atoms with Gasteiger partial charge in [-0.3, -0.25) is 0 Å². The molecule has 0 heteroatoms. The average Bonchev–Trinajstić information content (AvgIpc) is 2.40. The van der Waals surface area contributed by atoms with Gasteiger partial charge in [0.15, 0.2) is 0 Å². The minimum Gasteiger partial charge on any atom is -0.0628 e. The molecule has 0 saturated carbocycles. The molecule has 0 fully saturated rings. The van der Waals surface area contributed by atoms with Crippen LogP contribution >= 0.6 is 0 Å². The van der Waals surface area contributed by atoms with Gasteiger partial charge < -0.3 is 0 Å². The normalized spacial score (nSPS) is 16.5. The zero-order valence-electron chi connectivity index (χ0n) is 17.1. The van der Waals surface area contributed by atoms with Gasteiger partial charge in [-0.05, 0) is 48.3 Å². The van der Waals surface area contributed by atoms with E-state index in [1.165, 1.54) is 51.4 Å². The summed E-state index contributed by atoms with van der Waals surface area (Å²) in [5, 5.41) is 0. The SMILES string of the molecule is CC(C)CCC(C)CC(CCC(C)C)CC(C)CCC(C)C. The van der Waals surface area contributed by atoms with Gasteiger partial charge in [-0.25, -0.2) is 0 Å². The number of hydrogen-bond donors (Lipinski definition) is 0. The summed E-state index contributed by atoms with van der Waals surface area (Å²) in [6, 6.07) is 0. The Morgan fingerprint density at radius 2 is 0.727 bits per heavy atom. The van der Waals surface area contributed by atoms with E-state index in [9.17, 15) is 0 Å². The summed E-state index contributed by atoms with van der Waals surface area (Å²) in [7, 11) is 0. The molecule has 0 aliphatic carbocycles. The molecule has 0 spiro atoms. The molecular formula is C22H46. The Hall–Kier alpha value is 0. The van der Waals surface area contributed by atoms with Crippen molar-refractivity contribution >= 4 is 0 Å². The zero-order chi connectivity index (χ0) is 17.1. The van der Waals surface area contributed by atoms with Crippen LogP contribution in [-0.4, -0.2) is 0 Å². The van der Waals surface area contributed by atoms with Crippen LogP contribution in [-0.2, 0) is 0 Å². The van der Waals surface area contributed by atoms with Crippen molar-refractivity contribution in [2.24, 2.45) is 35.5 Å². The molecule has 0 heterocycles. The summed E-state index contributed by atoms with van der Waals surface area (Å²) in [5.74, 6) is 5.38. The van der Waals surface area contributed by atoms with Crippen LogP contribution in [0.25, 0.3) is 0 Å². The molecular weight excluding hydrogens is 264 g/mol. The lowest BCUT2D eigenvalue weighted by Gasteiger charge is -2.25. The molecule has 0 bridgehead atoms. The van der Waals surface area contributed by atoms with Crippen LogP contribution in [0.1, 0.15) is 107 Å². The first-order chi connectivity index (χ1) is 10.2. The molecule has 22 heavy (non-hydrogen) atoms. The summed E-state index contributed by atoms with van der Waals surface area (Å²) >= 11 is 0. The molecule has 0 aromatic heterocycles. The Labute approximate surface area is 142 Å². The third-order valence-electron chi connectivity index (χ3n) is 5.10. The molecule has 0 radical (unpaired) electrons. The first-order valence-corrected chi connectivity index (χ1v) is 10.2. The second-order valence-electron chi connectivity index (χ2n) is 9.46. The third-order valence-corrected chi connectivity index (χ3v) is 5.10. The zero-order valence-corrected chi connectivity index (χ0v) is 17.1. The largest absolute Gasteiger partial charge is 0.0628 e. The molecule has 0 aromatic carbocycles. The lowest BCUT2D eigenvalue weighted by atomic mass is 9.80. The fourth-order valence-electron chi connectivity index (χ4n) is 3.51. The number of hydrogen-bond acceptors (Lipinski definition) is 0. The molecule has 0 rings (SSSR count). The molecule has 0 aliphatic heterocycles. The van der Waals surface area contributed by atoms with Crippen LogP contribution in [0, 0.1) is 35.5 Å². The van der Waals surface area contributed by atoms with Gasteiger partial charge in [0, 0.05) is 0 Å². The lowest BCUT2D eigenvalue weighted by molar-refractivity contribution is 0.265. The van der Waals surface area contributed by atoms with Gasteiger partial charge in [0.2, 0.25) is 0 Å². The quantitative estimate of drug-likeness (QED) is 0.323. The molecule has 0 N–H and O–H groups in total. The topological polar surface area (TPSA) is 0 Å². The molecule has 2 unspecified atom stereocenters. The maximum atomic E-state index is 2.49. The van der Waals surface area contributed by atoms with E-state index in [1.807, 2.05) is 0 Å². The van der Waals surface area contributed by atoms with Crippen LogP contribution in [0.4, 0.5) is 0 Å². The summed E-state index contributed by atoms with van der Waals surface area (Å²) in [4.78, 5) is 0. The van der Waals surface area contributed by atoms with Crippen LogP contribution < -0.4 is 0 Å². The van der Waals surface area contributed by atoms with Crippen molar-refractivity contribution in [1.29, 1.82) is 0 Å². The second kappa shape index (κ2) is 12.4. The van der Waals surface area contributed by atoms with Crippen molar-refractivity contribution in [2.45, 2.75) is 107 Å². The summed E-state index contributed by atoms with van der Waals surface area (Å²) < 4.78 is 0. The van der Waals surface area contributed by atoms with E-state index in [0.717, 1.165) is 35.5 Å². The van der Waals surface area contributed by atoms with Crippen molar-refractivity contribution < 1.29 is 0 Å². The highest BCUT2D eigenvalue weighted by Gasteiger charge is 2.17. The van der Waals surface area contributed by atoms with Crippen molar-refractivity contribution in [1.82, 2.24) is 0 Å². The van der Waals surface area contributed by atoms with Gasteiger partial charge in [-0.15, -0.1) is 0 Å². The second-order valence-corrected chi connectivity index (χ2v) is 9.46. The maximum Gasteiger partial charge on any atom is -0.0409 e. The lowest BCUT2D eigenvalue weighted by Crippen LogP contribution is -2.13. The first kappa shape index (κ1) is 22.0. The van der Waals surface area contributed by atoms with Gasteiger partial charge >= 0.3 is 0 Å². The van der Waals surface area contributed by atoms with Gasteiger partial charge in [-0.2, -0.15) is 0 Å². The van der Waals surface area contributed by atoms with E-state index in [-0.39, 0.29) is 0 Å². The Morgan fingerprint density at radius 1 is 0.409 bits per heavy atom. The van der Waals surface area contributed by atoms with Crippen molar-refractivity contribution in [3.8, 4) is 0 Å². The van der Waals surface area contributed by atoms with Gasteiger partial charge in [-0.1, -0.05) is 93.9 Å². The molecule has 0 aromatic rings. The van der Waals surface area contributed by atoms with E-state index in [2.05, 4.69) is 55.4 Å². The standard InChI is InChI=1S/C22H46/c1-17(2)9-12-20(7)15-22(14-11-19(5)6)16-21(8)13-10-18(3)4/h17-22H,9-16H2,1-8H3. The van der Waals surface area contributed by atoms with E-state index in [1.54, 1.807) is 0 Å². The molecule has 134 valence electrons. The highest BCUT2D eigenvalue weighted by atomic mass is 14.2. The van der Waals surface area contributed by atoms with Crippen molar-refractivity contribution in [3.05, 3.63) is 0 Å². The van der Waals surface area contributed by atoms with Crippen LogP contribution in [0.5, 0.6) is 0 Å². The average molecular weight is 311 g/mol. The highest BCUT2D eigenvalue weighted by molar-refractivity contribution is 4.69. The van der Waals surface area contributed by atoms with E-state index in [0.29, 0.717) is 0 Å². The minimum atomic E-state index is 0.861. The molecule has 0 saturated heterocycles. The van der Waals surface area contributed by atoms with Crippen LogP contribution in [0.3, 0.4) is 0 Å². The first-order valence-electron chi connectivity index (χ1n) is 10.2. The molecule has 0 amide bonds. The summed E-state index contributed by atoms with van der Waals surface area (Å²) in [6.45, 7) is 19.2.